The van der Waals surface area contributed by atoms with Crippen LogP contribution in [0.25, 0.3) is 0 Å². The topological polar surface area (TPSA) is 0 Å². The van der Waals surface area contributed by atoms with Gasteiger partial charge in [-0.05, 0) is 30.6 Å². The van der Waals surface area contributed by atoms with E-state index in [1.54, 1.807) is 5.57 Å². The summed E-state index contributed by atoms with van der Waals surface area (Å²) in [5.74, 6) is 1.62. The van der Waals surface area contributed by atoms with E-state index in [2.05, 4.69) is 33.4 Å². The first-order valence-corrected chi connectivity index (χ1v) is 4.40. The van der Waals surface area contributed by atoms with E-state index in [0.29, 0.717) is 5.41 Å². The van der Waals surface area contributed by atoms with Crippen LogP contribution in [0.2, 0.25) is 0 Å². The minimum absolute atomic E-state index is 0.510. The van der Waals surface area contributed by atoms with Gasteiger partial charge >= 0.3 is 0 Å². The zero-order valence-corrected chi connectivity index (χ0v) is 7.65. The van der Waals surface area contributed by atoms with Gasteiger partial charge in [-0.3, -0.25) is 0 Å². The highest BCUT2D eigenvalue weighted by Crippen LogP contribution is 2.60. The lowest BCUT2D eigenvalue weighted by molar-refractivity contribution is 0.0241. The van der Waals surface area contributed by atoms with Gasteiger partial charge in [-0.25, -0.2) is 0 Å². The van der Waals surface area contributed by atoms with Crippen molar-refractivity contribution in [3.8, 4) is 0 Å². The van der Waals surface area contributed by atoms with Crippen LogP contribution in [-0.4, -0.2) is 0 Å². The highest BCUT2D eigenvalue weighted by Gasteiger charge is 2.51. The van der Waals surface area contributed by atoms with Crippen LogP contribution >= 0.6 is 0 Å². The molecule has 3 rings (SSSR count). The fourth-order valence-electron chi connectivity index (χ4n) is 2.82. The van der Waals surface area contributed by atoms with Gasteiger partial charge in [0.15, 0.2) is 0 Å². The third-order valence-corrected chi connectivity index (χ3v) is 3.68. The number of hydrogen-bond donors (Lipinski definition) is 0. The van der Waals surface area contributed by atoms with Gasteiger partial charge in [0, 0.05) is 0 Å². The van der Waals surface area contributed by atoms with E-state index in [0.717, 1.165) is 11.8 Å². The van der Waals surface area contributed by atoms with Crippen LogP contribution in [0.15, 0.2) is 23.8 Å². The molecule has 0 spiro atoms. The highest BCUT2D eigenvalue weighted by atomic mass is 14.6. The molecule has 11 heavy (non-hydrogen) atoms. The summed E-state index contributed by atoms with van der Waals surface area (Å²) >= 11 is 0. The standard InChI is InChI=1S/C11H16/c1-7-5-8(2)10-6-9(7)11(10,3)4/h5,9-10H,1,6H2,2-4H3/t9-,10+/m1/s1. The Hall–Kier alpha value is -0.520. The van der Waals surface area contributed by atoms with Gasteiger partial charge in [-0.15, -0.1) is 0 Å². The van der Waals surface area contributed by atoms with Gasteiger partial charge in [-0.1, -0.05) is 37.6 Å². The number of hydrogen-bond acceptors (Lipinski definition) is 0. The second kappa shape index (κ2) is 1.80. The molecule has 0 N–H and O–H groups in total. The van der Waals surface area contributed by atoms with Crippen molar-refractivity contribution in [1.29, 1.82) is 0 Å². The molecule has 0 amide bonds. The Morgan fingerprint density at radius 2 is 2.09 bits per heavy atom. The van der Waals surface area contributed by atoms with E-state index in [1.165, 1.54) is 12.0 Å². The summed E-state index contributed by atoms with van der Waals surface area (Å²) in [6.45, 7) is 11.1. The molecule has 3 aliphatic carbocycles. The van der Waals surface area contributed by atoms with E-state index < -0.39 is 0 Å². The third kappa shape index (κ3) is 0.702. The normalized spacial score (nSPS) is 39.5. The fraction of sp³-hybridized carbons (Fsp3) is 0.636. The van der Waals surface area contributed by atoms with Crippen molar-refractivity contribution in [2.75, 3.05) is 0 Å². The Labute approximate surface area is 69.0 Å². The molecule has 0 aliphatic heterocycles. The van der Waals surface area contributed by atoms with Gasteiger partial charge in [0.05, 0.1) is 0 Å². The molecule has 0 nitrogen and oxygen atoms in total. The summed E-state index contributed by atoms with van der Waals surface area (Å²) in [4.78, 5) is 0. The first kappa shape index (κ1) is 7.15. The largest absolute Gasteiger partial charge is 0.0955 e. The Balaban J connectivity index is 2.42. The van der Waals surface area contributed by atoms with Crippen LogP contribution in [0, 0.1) is 17.3 Å². The maximum atomic E-state index is 4.10. The zero-order valence-electron chi connectivity index (χ0n) is 7.65. The number of rotatable bonds is 0. The lowest BCUT2D eigenvalue weighted by Crippen LogP contribution is -2.48. The van der Waals surface area contributed by atoms with Crippen molar-refractivity contribution in [3.05, 3.63) is 23.8 Å². The van der Waals surface area contributed by atoms with E-state index in [-0.39, 0.29) is 0 Å². The lowest BCUT2D eigenvalue weighted by atomic mass is 9.48. The summed E-state index contributed by atoms with van der Waals surface area (Å²) in [6, 6.07) is 0. The molecule has 0 saturated heterocycles. The molecule has 60 valence electrons. The SMILES string of the molecule is C=C1C=C(C)[C@@H]2C[C@H]1C2(C)C. The minimum atomic E-state index is 0.510. The van der Waals surface area contributed by atoms with Crippen LogP contribution in [-0.2, 0) is 0 Å². The summed E-state index contributed by atoms with van der Waals surface area (Å²) in [7, 11) is 0. The van der Waals surface area contributed by atoms with E-state index >= 15 is 0 Å². The van der Waals surface area contributed by atoms with Crippen LogP contribution in [0.1, 0.15) is 27.2 Å². The third-order valence-electron chi connectivity index (χ3n) is 3.68. The minimum Gasteiger partial charge on any atom is -0.0955 e. The predicted molar refractivity (Wildman–Crippen MR) is 48.3 cm³/mol. The number of allylic oxidation sites excluding steroid dienone is 3. The number of fused-ring (bicyclic) bond motifs is 1. The maximum Gasteiger partial charge on any atom is -0.0105 e. The molecule has 0 aromatic rings. The van der Waals surface area contributed by atoms with Crippen molar-refractivity contribution in [2.24, 2.45) is 17.3 Å². The van der Waals surface area contributed by atoms with Crippen molar-refractivity contribution in [3.63, 3.8) is 0 Å². The fourth-order valence-corrected chi connectivity index (χ4v) is 2.82. The van der Waals surface area contributed by atoms with Gasteiger partial charge in [0.2, 0.25) is 0 Å². The van der Waals surface area contributed by atoms with Crippen LogP contribution < -0.4 is 0 Å². The quantitative estimate of drug-likeness (QED) is 0.495. The van der Waals surface area contributed by atoms with Crippen molar-refractivity contribution >= 4 is 0 Å². The summed E-state index contributed by atoms with van der Waals surface area (Å²) in [5.41, 5.74) is 3.41. The highest BCUT2D eigenvalue weighted by molar-refractivity contribution is 5.37. The Bertz CT molecular complexity index is 243. The molecule has 3 aliphatic rings. The summed E-state index contributed by atoms with van der Waals surface area (Å²) in [6.07, 6.45) is 3.64. The second-order valence-electron chi connectivity index (χ2n) is 4.63. The smallest absolute Gasteiger partial charge is 0.0105 e. The van der Waals surface area contributed by atoms with Crippen LogP contribution in [0.4, 0.5) is 0 Å². The molecule has 0 unspecified atom stereocenters. The molecule has 2 atom stereocenters. The molecule has 1 saturated carbocycles. The first-order valence-electron chi connectivity index (χ1n) is 4.40. The van der Waals surface area contributed by atoms with Gasteiger partial charge in [0.1, 0.15) is 0 Å². The average molecular weight is 148 g/mol. The summed E-state index contributed by atoms with van der Waals surface area (Å²) < 4.78 is 0. The first-order chi connectivity index (χ1) is 5.03. The monoisotopic (exact) mass is 148 g/mol. The van der Waals surface area contributed by atoms with E-state index in [1.807, 2.05) is 0 Å². The van der Waals surface area contributed by atoms with Gasteiger partial charge in [-0.2, -0.15) is 0 Å². The Morgan fingerprint density at radius 3 is 2.45 bits per heavy atom. The van der Waals surface area contributed by atoms with E-state index in [4.69, 9.17) is 0 Å². The molecule has 2 bridgehead atoms. The Kier molecular flexibility index (Phi) is 1.17. The van der Waals surface area contributed by atoms with Crippen molar-refractivity contribution in [1.82, 2.24) is 0 Å². The molecule has 0 heterocycles. The molecular weight excluding hydrogens is 132 g/mol. The van der Waals surface area contributed by atoms with Crippen LogP contribution in [0.3, 0.4) is 0 Å². The lowest BCUT2D eigenvalue weighted by Gasteiger charge is -2.56. The molecule has 0 radical (unpaired) electrons. The predicted octanol–water partition coefficient (Wildman–Crippen LogP) is 3.16. The summed E-state index contributed by atoms with van der Waals surface area (Å²) in [5, 5.41) is 0. The van der Waals surface area contributed by atoms with Gasteiger partial charge in [0.25, 0.3) is 0 Å². The molecule has 0 heteroatoms. The zero-order chi connectivity index (χ0) is 8.22. The van der Waals surface area contributed by atoms with Gasteiger partial charge < -0.3 is 0 Å². The maximum absolute atomic E-state index is 4.10. The van der Waals surface area contributed by atoms with Crippen molar-refractivity contribution in [2.45, 2.75) is 27.2 Å². The molecule has 0 aromatic carbocycles. The second-order valence-corrected chi connectivity index (χ2v) is 4.63. The van der Waals surface area contributed by atoms with Crippen molar-refractivity contribution < 1.29 is 0 Å². The molecular formula is C11H16. The molecule has 1 fully saturated rings. The molecule has 0 aromatic heterocycles. The Morgan fingerprint density at radius 1 is 1.45 bits per heavy atom. The van der Waals surface area contributed by atoms with E-state index in [9.17, 15) is 0 Å². The van der Waals surface area contributed by atoms with Crippen LogP contribution in [0.5, 0.6) is 0 Å². The average Bonchev–Trinajstić information content (AvgIpc) is 1.84.